The third-order valence-corrected chi connectivity index (χ3v) is 4.63. The summed E-state index contributed by atoms with van der Waals surface area (Å²) >= 11 is 0. The van der Waals surface area contributed by atoms with Crippen molar-refractivity contribution in [2.45, 2.75) is 52.5 Å². The second-order valence-electron chi connectivity index (χ2n) is 7.01. The lowest BCUT2D eigenvalue weighted by Gasteiger charge is -2.22. The topological polar surface area (TPSA) is 41.6 Å². The number of amides is 1. The molecule has 1 heterocycles. The van der Waals surface area contributed by atoms with Crippen LogP contribution in [0, 0.1) is 5.92 Å². The van der Waals surface area contributed by atoms with Crippen LogP contribution in [0.1, 0.15) is 58.1 Å². The Labute approximate surface area is 146 Å². The highest BCUT2D eigenvalue weighted by Crippen LogP contribution is 2.27. The predicted molar refractivity (Wildman–Crippen MR) is 98.2 cm³/mol. The maximum Gasteiger partial charge on any atom is 0.260 e. The first-order valence-corrected chi connectivity index (χ1v) is 9.34. The van der Waals surface area contributed by atoms with Gasteiger partial charge in [-0.25, -0.2) is 0 Å². The van der Waals surface area contributed by atoms with Gasteiger partial charge >= 0.3 is 0 Å². The molecule has 134 valence electrons. The lowest BCUT2D eigenvalue weighted by Crippen LogP contribution is -2.32. The third kappa shape index (κ3) is 5.52. The highest BCUT2D eigenvalue weighted by Gasteiger charge is 2.19. The summed E-state index contributed by atoms with van der Waals surface area (Å²) in [6.45, 7) is 9.54. The molecule has 1 fully saturated rings. The molecule has 1 N–H and O–H groups in total. The summed E-state index contributed by atoms with van der Waals surface area (Å²) in [6.07, 6.45) is 4.38. The first kappa shape index (κ1) is 18.8. The molecule has 1 aromatic rings. The normalized spacial score (nSPS) is 15.8. The van der Waals surface area contributed by atoms with Crippen LogP contribution < -0.4 is 10.1 Å². The first-order chi connectivity index (χ1) is 11.6. The summed E-state index contributed by atoms with van der Waals surface area (Å²) in [5.41, 5.74) is 1.15. The van der Waals surface area contributed by atoms with E-state index in [0.29, 0.717) is 5.92 Å². The average Bonchev–Trinajstić information content (AvgIpc) is 3.11. The lowest BCUT2D eigenvalue weighted by molar-refractivity contribution is -0.132. The number of hydrogen-bond donors (Lipinski definition) is 1. The molecule has 1 atom stereocenters. The number of benzene rings is 1. The summed E-state index contributed by atoms with van der Waals surface area (Å²) in [5.74, 6) is 1.62. The van der Waals surface area contributed by atoms with Gasteiger partial charge in [-0.2, -0.15) is 0 Å². The molecular formula is C20H32N2O2. The Morgan fingerprint density at radius 2 is 1.96 bits per heavy atom. The van der Waals surface area contributed by atoms with Gasteiger partial charge in [0, 0.05) is 24.7 Å². The van der Waals surface area contributed by atoms with Crippen molar-refractivity contribution in [3.05, 3.63) is 29.8 Å². The quantitative estimate of drug-likeness (QED) is 0.748. The highest BCUT2D eigenvalue weighted by atomic mass is 16.5. The van der Waals surface area contributed by atoms with Crippen LogP contribution in [0.15, 0.2) is 24.3 Å². The van der Waals surface area contributed by atoms with E-state index < -0.39 is 0 Å². The Morgan fingerprint density at radius 3 is 2.62 bits per heavy atom. The van der Waals surface area contributed by atoms with Gasteiger partial charge in [-0.3, -0.25) is 4.79 Å². The van der Waals surface area contributed by atoms with Gasteiger partial charge in [0.25, 0.3) is 5.91 Å². The summed E-state index contributed by atoms with van der Waals surface area (Å²) < 4.78 is 5.89. The van der Waals surface area contributed by atoms with Gasteiger partial charge in [0.05, 0.1) is 0 Å². The summed E-state index contributed by atoms with van der Waals surface area (Å²) in [7, 11) is 0. The van der Waals surface area contributed by atoms with Crippen LogP contribution in [0.5, 0.6) is 5.75 Å². The molecule has 2 rings (SSSR count). The molecule has 1 saturated heterocycles. The number of carbonyl (C=O) groups excluding carboxylic acids is 1. The van der Waals surface area contributed by atoms with E-state index in [4.69, 9.17) is 4.74 Å². The fourth-order valence-electron chi connectivity index (χ4n) is 3.12. The molecule has 0 aliphatic carbocycles. The van der Waals surface area contributed by atoms with Crippen molar-refractivity contribution in [3.8, 4) is 5.75 Å². The SMILES string of the molecule is CCC(NCCC(C)C)c1ccccc1OCC(=O)N1CCCC1. The van der Waals surface area contributed by atoms with Crippen LogP contribution in [-0.4, -0.2) is 37.0 Å². The Bertz CT molecular complexity index is 510. The van der Waals surface area contributed by atoms with Gasteiger partial charge in [0.15, 0.2) is 6.61 Å². The number of rotatable bonds is 9. The maximum atomic E-state index is 12.2. The molecule has 4 heteroatoms. The van der Waals surface area contributed by atoms with Crippen molar-refractivity contribution in [3.63, 3.8) is 0 Å². The number of likely N-dealkylation sites (tertiary alicyclic amines) is 1. The molecule has 0 aromatic heterocycles. The Hall–Kier alpha value is -1.55. The second-order valence-corrected chi connectivity index (χ2v) is 7.01. The zero-order valence-electron chi connectivity index (χ0n) is 15.4. The van der Waals surface area contributed by atoms with E-state index in [1.54, 1.807) is 0 Å². The van der Waals surface area contributed by atoms with Gasteiger partial charge in [0.1, 0.15) is 5.75 Å². The van der Waals surface area contributed by atoms with Crippen LogP contribution >= 0.6 is 0 Å². The summed E-state index contributed by atoms with van der Waals surface area (Å²) in [6, 6.07) is 8.35. The van der Waals surface area contributed by atoms with Crippen LogP contribution in [0.4, 0.5) is 0 Å². The number of para-hydroxylation sites is 1. The van der Waals surface area contributed by atoms with E-state index in [1.165, 1.54) is 0 Å². The standard InChI is InChI=1S/C20H32N2O2/c1-4-18(21-12-11-16(2)3)17-9-5-6-10-19(17)24-15-20(23)22-13-7-8-14-22/h5-6,9-10,16,18,21H,4,7-8,11-15H2,1-3H3. The van der Waals surface area contributed by atoms with Gasteiger partial charge in [-0.15, -0.1) is 0 Å². The van der Waals surface area contributed by atoms with E-state index in [2.05, 4.69) is 32.2 Å². The molecule has 0 bridgehead atoms. The second kappa shape index (κ2) is 9.67. The maximum absolute atomic E-state index is 12.2. The van der Waals surface area contributed by atoms with Crippen LogP contribution in [0.2, 0.25) is 0 Å². The van der Waals surface area contributed by atoms with Gasteiger partial charge in [0.2, 0.25) is 0 Å². The molecule has 1 amide bonds. The number of nitrogens with one attached hydrogen (secondary N) is 1. The Balaban J connectivity index is 1.95. The molecule has 0 spiro atoms. The number of hydrogen-bond acceptors (Lipinski definition) is 3. The molecule has 0 radical (unpaired) electrons. The minimum atomic E-state index is 0.100. The van der Waals surface area contributed by atoms with E-state index in [9.17, 15) is 4.79 Å². The molecule has 4 nitrogen and oxygen atoms in total. The monoisotopic (exact) mass is 332 g/mol. The molecule has 1 unspecified atom stereocenters. The van der Waals surface area contributed by atoms with Crippen LogP contribution in [0.25, 0.3) is 0 Å². The van der Waals surface area contributed by atoms with Crippen molar-refractivity contribution in [2.75, 3.05) is 26.2 Å². The van der Waals surface area contributed by atoms with E-state index >= 15 is 0 Å². The third-order valence-electron chi connectivity index (χ3n) is 4.63. The van der Waals surface area contributed by atoms with Gasteiger partial charge in [-0.05, 0) is 44.2 Å². The van der Waals surface area contributed by atoms with Crippen molar-refractivity contribution in [2.24, 2.45) is 5.92 Å². The fourth-order valence-corrected chi connectivity index (χ4v) is 3.12. The fraction of sp³-hybridized carbons (Fsp3) is 0.650. The molecular weight excluding hydrogens is 300 g/mol. The van der Waals surface area contributed by atoms with Crippen molar-refractivity contribution >= 4 is 5.91 Å². The molecule has 24 heavy (non-hydrogen) atoms. The number of carbonyl (C=O) groups is 1. The van der Waals surface area contributed by atoms with E-state index in [-0.39, 0.29) is 18.6 Å². The van der Waals surface area contributed by atoms with Crippen molar-refractivity contribution in [1.29, 1.82) is 0 Å². The predicted octanol–water partition coefficient (Wildman–Crippen LogP) is 3.77. The molecule has 1 aliphatic heterocycles. The first-order valence-electron chi connectivity index (χ1n) is 9.34. The lowest BCUT2D eigenvalue weighted by atomic mass is 10.0. The van der Waals surface area contributed by atoms with E-state index in [1.807, 2.05) is 23.1 Å². The van der Waals surface area contributed by atoms with Crippen LogP contribution in [-0.2, 0) is 4.79 Å². The Kier molecular flexibility index (Phi) is 7.57. The zero-order chi connectivity index (χ0) is 17.4. The van der Waals surface area contributed by atoms with Crippen LogP contribution in [0.3, 0.4) is 0 Å². The molecule has 1 aliphatic rings. The van der Waals surface area contributed by atoms with Gasteiger partial charge < -0.3 is 15.0 Å². The molecule has 0 saturated carbocycles. The summed E-state index contributed by atoms with van der Waals surface area (Å²) in [4.78, 5) is 14.1. The van der Waals surface area contributed by atoms with E-state index in [0.717, 1.165) is 56.6 Å². The average molecular weight is 332 g/mol. The molecule has 1 aromatic carbocycles. The number of ether oxygens (including phenoxy) is 1. The van der Waals surface area contributed by atoms with Crippen molar-refractivity contribution in [1.82, 2.24) is 10.2 Å². The van der Waals surface area contributed by atoms with Crippen molar-refractivity contribution < 1.29 is 9.53 Å². The minimum Gasteiger partial charge on any atom is -0.483 e. The van der Waals surface area contributed by atoms with Gasteiger partial charge in [-0.1, -0.05) is 39.0 Å². The summed E-state index contributed by atoms with van der Waals surface area (Å²) in [5, 5.41) is 3.62. The smallest absolute Gasteiger partial charge is 0.260 e. The zero-order valence-corrected chi connectivity index (χ0v) is 15.4. The minimum absolute atomic E-state index is 0.100. The Morgan fingerprint density at radius 1 is 1.25 bits per heavy atom. The number of nitrogens with zero attached hydrogens (tertiary/aromatic N) is 1. The highest BCUT2D eigenvalue weighted by molar-refractivity contribution is 5.78. The largest absolute Gasteiger partial charge is 0.483 e.